The number of rotatable bonds is 2. The molecule has 92 valence electrons. The molecule has 0 aromatic heterocycles. The van der Waals surface area contributed by atoms with Crippen LogP contribution in [-0.4, -0.2) is 49.7 Å². The number of amides is 1. The van der Waals surface area contributed by atoms with Gasteiger partial charge in [0.1, 0.15) is 0 Å². The lowest BCUT2D eigenvalue weighted by Crippen LogP contribution is -2.51. The van der Waals surface area contributed by atoms with Gasteiger partial charge in [0.15, 0.2) is 0 Å². The molecule has 2 aliphatic rings. The molecule has 1 N–H and O–H groups in total. The molecule has 1 amide bonds. The molecule has 2 saturated heterocycles. The number of hydrogen-bond donors (Lipinski definition) is 1. The predicted molar refractivity (Wildman–Crippen MR) is 62.2 cm³/mol. The van der Waals surface area contributed by atoms with Crippen LogP contribution in [0.4, 0.5) is 0 Å². The lowest BCUT2D eigenvalue weighted by atomic mass is 9.95. The zero-order chi connectivity index (χ0) is 11.4. The van der Waals surface area contributed by atoms with Crippen molar-refractivity contribution in [3.8, 4) is 0 Å². The Morgan fingerprint density at radius 2 is 2.19 bits per heavy atom. The Morgan fingerprint density at radius 1 is 1.44 bits per heavy atom. The second-order valence-electron chi connectivity index (χ2n) is 4.69. The van der Waals surface area contributed by atoms with E-state index in [9.17, 15) is 4.79 Å². The molecule has 4 heteroatoms. The maximum Gasteiger partial charge on any atom is 0.226 e. The van der Waals surface area contributed by atoms with Gasteiger partial charge in [0.05, 0.1) is 19.3 Å². The molecule has 0 aromatic carbocycles. The highest BCUT2D eigenvalue weighted by atomic mass is 16.5. The molecular weight excluding hydrogens is 204 g/mol. The van der Waals surface area contributed by atoms with Crippen LogP contribution in [0.25, 0.3) is 0 Å². The normalized spacial score (nSPS) is 28.1. The maximum absolute atomic E-state index is 12.4. The topological polar surface area (TPSA) is 41.6 Å². The van der Waals surface area contributed by atoms with Crippen molar-refractivity contribution in [2.24, 2.45) is 5.92 Å². The molecule has 1 atom stereocenters. The molecule has 2 fully saturated rings. The van der Waals surface area contributed by atoms with Crippen molar-refractivity contribution >= 4 is 5.91 Å². The van der Waals surface area contributed by atoms with Gasteiger partial charge in [-0.05, 0) is 32.4 Å². The van der Waals surface area contributed by atoms with Crippen molar-refractivity contribution in [2.45, 2.75) is 32.2 Å². The van der Waals surface area contributed by atoms with Gasteiger partial charge in [0.25, 0.3) is 0 Å². The second-order valence-corrected chi connectivity index (χ2v) is 4.69. The smallest absolute Gasteiger partial charge is 0.226 e. The molecule has 2 rings (SSSR count). The van der Waals surface area contributed by atoms with E-state index in [1.807, 2.05) is 0 Å². The van der Waals surface area contributed by atoms with E-state index in [0.717, 1.165) is 38.9 Å². The lowest BCUT2D eigenvalue weighted by molar-refractivity contribution is -0.145. The van der Waals surface area contributed by atoms with Gasteiger partial charge < -0.3 is 15.0 Å². The second kappa shape index (κ2) is 5.64. The minimum absolute atomic E-state index is 0.244. The van der Waals surface area contributed by atoms with Crippen molar-refractivity contribution in [3.63, 3.8) is 0 Å². The number of ether oxygens (including phenoxy) is 1. The number of piperidine rings is 1. The van der Waals surface area contributed by atoms with Crippen LogP contribution in [0.5, 0.6) is 0 Å². The van der Waals surface area contributed by atoms with Crippen molar-refractivity contribution in [1.82, 2.24) is 10.2 Å². The molecule has 0 saturated carbocycles. The Bertz CT molecular complexity index is 239. The van der Waals surface area contributed by atoms with Crippen LogP contribution in [0.15, 0.2) is 0 Å². The van der Waals surface area contributed by atoms with Crippen LogP contribution in [0.3, 0.4) is 0 Å². The minimum Gasteiger partial charge on any atom is -0.377 e. The zero-order valence-electron chi connectivity index (χ0n) is 10.1. The molecule has 4 nitrogen and oxygen atoms in total. The highest BCUT2D eigenvalue weighted by Gasteiger charge is 2.31. The molecule has 0 aliphatic carbocycles. The fourth-order valence-electron chi connectivity index (χ4n) is 2.59. The number of carbonyl (C=O) groups excluding carboxylic acids is 1. The Morgan fingerprint density at radius 3 is 2.88 bits per heavy atom. The highest BCUT2D eigenvalue weighted by Crippen LogP contribution is 2.19. The minimum atomic E-state index is 0.244. The summed E-state index contributed by atoms with van der Waals surface area (Å²) in [5, 5.41) is 3.30. The average molecular weight is 226 g/mol. The molecule has 0 radical (unpaired) electrons. The predicted octanol–water partition coefficient (Wildman–Crippen LogP) is 0.623. The van der Waals surface area contributed by atoms with E-state index in [0.29, 0.717) is 25.2 Å². The molecule has 2 heterocycles. The molecule has 1 unspecified atom stereocenters. The first-order valence-electron chi connectivity index (χ1n) is 6.42. The highest BCUT2D eigenvalue weighted by molar-refractivity contribution is 5.79. The van der Waals surface area contributed by atoms with Gasteiger partial charge in [-0.3, -0.25) is 4.79 Å². The fourth-order valence-corrected chi connectivity index (χ4v) is 2.59. The molecule has 0 bridgehead atoms. The zero-order valence-corrected chi connectivity index (χ0v) is 10.1. The first-order chi connectivity index (χ1) is 7.83. The molecule has 0 spiro atoms. The van der Waals surface area contributed by atoms with E-state index in [1.165, 1.54) is 0 Å². The molecule has 2 aliphatic heterocycles. The van der Waals surface area contributed by atoms with Crippen molar-refractivity contribution in [2.75, 3.05) is 32.8 Å². The third-order valence-corrected chi connectivity index (χ3v) is 3.67. The first kappa shape index (κ1) is 11.9. The van der Waals surface area contributed by atoms with Crippen LogP contribution in [-0.2, 0) is 9.53 Å². The summed E-state index contributed by atoms with van der Waals surface area (Å²) in [4.78, 5) is 14.4. The summed E-state index contributed by atoms with van der Waals surface area (Å²) in [6, 6.07) is 0.302. The number of morpholine rings is 1. The third-order valence-electron chi connectivity index (χ3n) is 3.67. The van der Waals surface area contributed by atoms with Crippen LogP contribution in [0.1, 0.15) is 26.2 Å². The summed E-state index contributed by atoms with van der Waals surface area (Å²) in [5.41, 5.74) is 0. The summed E-state index contributed by atoms with van der Waals surface area (Å²) < 4.78 is 5.43. The largest absolute Gasteiger partial charge is 0.377 e. The van der Waals surface area contributed by atoms with Gasteiger partial charge in [-0.1, -0.05) is 6.92 Å². The average Bonchev–Trinajstić information content (AvgIpc) is 2.39. The van der Waals surface area contributed by atoms with E-state index in [2.05, 4.69) is 17.1 Å². The third kappa shape index (κ3) is 2.55. The summed E-state index contributed by atoms with van der Waals surface area (Å²) in [7, 11) is 0. The summed E-state index contributed by atoms with van der Waals surface area (Å²) >= 11 is 0. The lowest BCUT2D eigenvalue weighted by Gasteiger charge is -2.38. The van der Waals surface area contributed by atoms with E-state index < -0.39 is 0 Å². The summed E-state index contributed by atoms with van der Waals surface area (Å²) in [6.07, 6.45) is 2.98. The van der Waals surface area contributed by atoms with Crippen LogP contribution in [0.2, 0.25) is 0 Å². The Labute approximate surface area is 97.3 Å². The van der Waals surface area contributed by atoms with Gasteiger partial charge >= 0.3 is 0 Å². The molecular formula is C12H22N2O2. The number of nitrogens with zero attached hydrogens (tertiary/aromatic N) is 1. The first-order valence-corrected chi connectivity index (χ1v) is 6.42. The van der Waals surface area contributed by atoms with Gasteiger partial charge in [-0.25, -0.2) is 0 Å². The number of carbonyl (C=O) groups is 1. The van der Waals surface area contributed by atoms with Crippen molar-refractivity contribution in [1.29, 1.82) is 0 Å². The molecule has 16 heavy (non-hydrogen) atoms. The van der Waals surface area contributed by atoms with E-state index in [4.69, 9.17) is 4.74 Å². The van der Waals surface area contributed by atoms with Crippen LogP contribution < -0.4 is 5.32 Å². The van der Waals surface area contributed by atoms with Crippen molar-refractivity contribution in [3.05, 3.63) is 0 Å². The van der Waals surface area contributed by atoms with Gasteiger partial charge in [-0.2, -0.15) is 0 Å². The van der Waals surface area contributed by atoms with Crippen LogP contribution >= 0.6 is 0 Å². The van der Waals surface area contributed by atoms with E-state index >= 15 is 0 Å². The molecule has 0 aromatic rings. The fraction of sp³-hybridized carbons (Fsp3) is 0.917. The summed E-state index contributed by atoms with van der Waals surface area (Å²) in [6.45, 7) is 6.29. The van der Waals surface area contributed by atoms with Gasteiger partial charge in [-0.15, -0.1) is 0 Å². The van der Waals surface area contributed by atoms with Crippen molar-refractivity contribution < 1.29 is 9.53 Å². The van der Waals surface area contributed by atoms with Gasteiger partial charge in [0, 0.05) is 12.5 Å². The maximum atomic E-state index is 12.4. The van der Waals surface area contributed by atoms with Crippen LogP contribution in [0, 0.1) is 5.92 Å². The SMILES string of the molecule is CCC1COCCN1C(=O)C1CCNCC1. The Kier molecular flexibility index (Phi) is 4.18. The van der Waals surface area contributed by atoms with Gasteiger partial charge in [0.2, 0.25) is 5.91 Å². The monoisotopic (exact) mass is 226 g/mol. The Balaban J connectivity index is 1.95. The quantitative estimate of drug-likeness (QED) is 0.750. The van der Waals surface area contributed by atoms with E-state index in [-0.39, 0.29) is 5.92 Å². The Hall–Kier alpha value is -0.610. The standard InChI is InChI=1S/C12H22N2O2/c1-2-11-9-16-8-7-14(11)12(15)10-3-5-13-6-4-10/h10-11,13H,2-9H2,1H3. The number of nitrogens with one attached hydrogen (secondary N) is 1. The van der Waals surface area contributed by atoms with E-state index in [1.54, 1.807) is 0 Å². The number of hydrogen-bond acceptors (Lipinski definition) is 3. The summed E-state index contributed by atoms with van der Waals surface area (Å²) in [5.74, 6) is 0.602.